The molecule has 6 nitrogen and oxygen atoms in total. The quantitative estimate of drug-likeness (QED) is 0.230. The lowest BCUT2D eigenvalue weighted by atomic mass is 10.1. The monoisotopic (exact) mass is 525 g/mol. The van der Waals surface area contributed by atoms with Gasteiger partial charge in [-0.2, -0.15) is 4.31 Å². The van der Waals surface area contributed by atoms with Crippen molar-refractivity contribution in [3.8, 4) is 5.75 Å². The number of aliphatic imine (C=N–C) groups is 1. The summed E-state index contributed by atoms with van der Waals surface area (Å²) in [6, 6.07) is 33.5. The zero-order valence-electron chi connectivity index (χ0n) is 21.4. The van der Waals surface area contributed by atoms with E-state index in [-0.39, 0.29) is 4.90 Å². The summed E-state index contributed by atoms with van der Waals surface area (Å²) >= 11 is 0. The van der Waals surface area contributed by atoms with Crippen molar-refractivity contribution in [2.24, 2.45) is 4.99 Å². The number of nitrogens with zero attached hydrogens (tertiary/aromatic N) is 3. The molecule has 0 spiro atoms. The summed E-state index contributed by atoms with van der Waals surface area (Å²) in [5.74, 6) is 0.426. The van der Waals surface area contributed by atoms with E-state index in [1.807, 2.05) is 48.5 Å². The van der Waals surface area contributed by atoms with E-state index in [2.05, 4.69) is 46.3 Å². The van der Waals surface area contributed by atoms with Gasteiger partial charge in [-0.3, -0.25) is 4.99 Å². The number of sulfonamides is 1. The molecule has 0 aromatic heterocycles. The number of rotatable bonds is 8. The Balaban J connectivity index is 1.38. The highest BCUT2D eigenvalue weighted by atomic mass is 32.2. The number of anilines is 3. The number of benzene rings is 4. The van der Waals surface area contributed by atoms with Crippen LogP contribution in [0.5, 0.6) is 5.75 Å². The summed E-state index contributed by atoms with van der Waals surface area (Å²) < 4.78 is 33.2. The number of methoxy groups -OCH3 is 1. The van der Waals surface area contributed by atoms with E-state index in [1.165, 1.54) is 7.11 Å². The highest BCUT2D eigenvalue weighted by Gasteiger charge is 2.26. The molecule has 5 rings (SSSR count). The van der Waals surface area contributed by atoms with Crippen LogP contribution in [0.25, 0.3) is 0 Å². The van der Waals surface area contributed by atoms with Crippen LogP contribution in [0.4, 0.5) is 22.7 Å². The topological polar surface area (TPSA) is 62.2 Å². The number of hydrogen-bond donors (Lipinski definition) is 0. The summed E-state index contributed by atoms with van der Waals surface area (Å²) in [5, 5.41) is 0. The maximum Gasteiger partial charge on any atom is 0.243 e. The van der Waals surface area contributed by atoms with Crippen LogP contribution in [0.3, 0.4) is 0 Å². The molecule has 0 unspecified atom stereocenters. The molecular formula is C31H31N3O3S. The zero-order chi connectivity index (χ0) is 26.4. The third kappa shape index (κ3) is 5.64. The minimum absolute atomic E-state index is 0.237. The van der Waals surface area contributed by atoms with Gasteiger partial charge in [0.2, 0.25) is 10.0 Å². The van der Waals surface area contributed by atoms with Crippen molar-refractivity contribution in [3.05, 3.63) is 109 Å². The maximum atomic E-state index is 13.1. The molecule has 0 radical (unpaired) electrons. The van der Waals surface area contributed by atoms with Crippen molar-refractivity contribution in [3.63, 3.8) is 0 Å². The fraction of sp³-hybridized carbons (Fsp3) is 0.194. The molecule has 1 saturated heterocycles. The number of ether oxygens (including phenoxy) is 1. The average Bonchev–Trinajstić information content (AvgIpc) is 2.98. The molecule has 1 aliphatic rings. The van der Waals surface area contributed by atoms with E-state index in [4.69, 9.17) is 4.74 Å². The van der Waals surface area contributed by atoms with Crippen LogP contribution in [-0.4, -0.2) is 39.1 Å². The molecule has 0 bridgehead atoms. The van der Waals surface area contributed by atoms with E-state index < -0.39 is 10.0 Å². The lowest BCUT2D eigenvalue weighted by molar-refractivity contribution is 0.346. The summed E-state index contributed by atoms with van der Waals surface area (Å²) in [7, 11) is -2.01. The SMILES string of the molecule is COc1cc(S(=O)(=O)N2CCCCC2)ccc1N=Cc1ccc(N(c2ccccc2)c2ccccc2)cc1. The Kier molecular flexibility index (Phi) is 7.86. The van der Waals surface area contributed by atoms with E-state index in [0.717, 1.165) is 41.9 Å². The van der Waals surface area contributed by atoms with Crippen molar-refractivity contribution >= 4 is 39.0 Å². The fourth-order valence-corrected chi connectivity index (χ4v) is 6.17. The fourth-order valence-electron chi connectivity index (χ4n) is 4.63. The first-order valence-corrected chi connectivity index (χ1v) is 14.2. The van der Waals surface area contributed by atoms with Gasteiger partial charge >= 0.3 is 0 Å². The van der Waals surface area contributed by atoms with Gasteiger partial charge in [0.1, 0.15) is 11.4 Å². The third-order valence-corrected chi connectivity index (χ3v) is 8.53. The third-order valence-electron chi connectivity index (χ3n) is 6.64. The predicted octanol–water partition coefficient (Wildman–Crippen LogP) is 7.09. The molecule has 0 saturated carbocycles. The lowest BCUT2D eigenvalue weighted by Crippen LogP contribution is -2.35. The van der Waals surface area contributed by atoms with Gasteiger partial charge in [0.15, 0.2) is 0 Å². The summed E-state index contributed by atoms with van der Waals surface area (Å²) in [6.07, 6.45) is 4.62. The molecule has 7 heteroatoms. The highest BCUT2D eigenvalue weighted by molar-refractivity contribution is 7.89. The zero-order valence-corrected chi connectivity index (χ0v) is 22.2. The van der Waals surface area contributed by atoms with Gasteiger partial charge in [-0.05, 0) is 66.9 Å². The number of para-hydroxylation sites is 2. The van der Waals surface area contributed by atoms with E-state index in [9.17, 15) is 8.42 Å². The molecule has 1 aliphatic heterocycles. The maximum absolute atomic E-state index is 13.1. The van der Waals surface area contributed by atoms with Crippen molar-refractivity contribution in [1.29, 1.82) is 0 Å². The molecule has 1 fully saturated rings. The van der Waals surface area contributed by atoms with E-state index >= 15 is 0 Å². The standard InChI is InChI=1S/C31H31N3O3S/c1-37-31-23-29(38(35,36)33-21-9-4-10-22-33)19-20-30(31)32-24-25-15-17-28(18-16-25)34(26-11-5-2-6-12-26)27-13-7-3-8-14-27/h2-3,5-8,11-20,23-24H,4,9-10,21-22H2,1H3. The van der Waals surface area contributed by atoms with Crippen molar-refractivity contribution in [2.45, 2.75) is 24.2 Å². The smallest absolute Gasteiger partial charge is 0.243 e. The first-order valence-electron chi connectivity index (χ1n) is 12.8. The molecule has 1 heterocycles. The van der Waals surface area contributed by atoms with Gasteiger partial charge in [-0.1, -0.05) is 55.0 Å². The highest BCUT2D eigenvalue weighted by Crippen LogP contribution is 2.35. The van der Waals surface area contributed by atoms with Crippen molar-refractivity contribution in [2.75, 3.05) is 25.1 Å². The second-order valence-electron chi connectivity index (χ2n) is 9.15. The van der Waals surface area contributed by atoms with Crippen LogP contribution < -0.4 is 9.64 Å². The Labute approximate surface area is 224 Å². The summed E-state index contributed by atoms with van der Waals surface area (Å²) in [5.41, 5.74) is 4.67. The normalized spacial score (nSPS) is 14.4. The minimum atomic E-state index is -3.54. The lowest BCUT2D eigenvalue weighted by Gasteiger charge is -2.26. The Morgan fingerprint density at radius 1 is 0.763 bits per heavy atom. The Morgan fingerprint density at radius 2 is 1.34 bits per heavy atom. The van der Waals surface area contributed by atoms with E-state index in [0.29, 0.717) is 24.5 Å². The summed E-state index contributed by atoms with van der Waals surface area (Å²) in [4.78, 5) is 7.04. The van der Waals surface area contributed by atoms with Gasteiger partial charge in [-0.15, -0.1) is 0 Å². The van der Waals surface area contributed by atoms with E-state index in [1.54, 1.807) is 28.7 Å². The van der Waals surface area contributed by atoms with Crippen LogP contribution in [0.1, 0.15) is 24.8 Å². The van der Waals surface area contributed by atoms with Gasteiger partial charge in [0.05, 0.1) is 12.0 Å². The van der Waals surface area contributed by atoms with Gasteiger partial charge in [0.25, 0.3) is 0 Å². The molecule has 0 aliphatic carbocycles. The average molecular weight is 526 g/mol. The van der Waals surface area contributed by atoms with Gasteiger partial charge in [0, 0.05) is 42.4 Å². The molecule has 0 amide bonds. The van der Waals surface area contributed by atoms with Crippen molar-refractivity contribution < 1.29 is 13.2 Å². The molecule has 38 heavy (non-hydrogen) atoms. The Bertz CT molecular complexity index is 1440. The van der Waals surface area contributed by atoms with Gasteiger partial charge < -0.3 is 9.64 Å². The van der Waals surface area contributed by atoms with Crippen LogP contribution in [-0.2, 0) is 10.0 Å². The summed E-state index contributed by atoms with van der Waals surface area (Å²) in [6.45, 7) is 1.12. The van der Waals surface area contributed by atoms with Crippen LogP contribution in [0.15, 0.2) is 113 Å². The molecule has 194 valence electrons. The first-order chi connectivity index (χ1) is 18.6. The minimum Gasteiger partial charge on any atom is -0.494 e. The second-order valence-corrected chi connectivity index (χ2v) is 11.1. The van der Waals surface area contributed by atoms with Crippen LogP contribution in [0, 0.1) is 0 Å². The number of piperidine rings is 1. The largest absolute Gasteiger partial charge is 0.494 e. The molecule has 0 atom stereocenters. The van der Waals surface area contributed by atoms with Crippen LogP contribution >= 0.6 is 0 Å². The van der Waals surface area contributed by atoms with Crippen LogP contribution in [0.2, 0.25) is 0 Å². The molecule has 0 N–H and O–H groups in total. The Hall–Kier alpha value is -3.94. The van der Waals surface area contributed by atoms with Gasteiger partial charge in [-0.25, -0.2) is 8.42 Å². The van der Waals surface area contributed by atoms with Crippen molar-refractivity contribution in [1.82, 2.24) is 4.31 Å². The molecule has 4 aromatic carbocycles. The molecular weight excluding hydrogens is 494 g/mol. The molecule has 4 aromatic rings. The Morgan fingerprint density at radius 3 is 1.92 bits per heavy atom. The second kappa shape index (κ2) is 11.6. The number of hydrogen-bond acceptors (Lipinski definition) is 5. The first kappa shape index (κ1) is 25.7. The predicted molar refractivity (Wildman–Crippen MR) is 154 cm³/mol.